The number of unbranched alkanes of at least 4 members (excludes halogenated alkanes) is 1. The van der Waals surface area contributed by atoms with E-state index in [1.165, 1.54) is 6.33 Å². The average molecular weight is 897 g/mol. The summed E-state index contributed by atoms with van der Waals surface area (Å²) in [5.41, 5.74) is 10.1. The number of amides is 5. The predicted octanol–water partition coefficient (Wildman–Crippen LogP) is 5.46. The second-order valence-corrected chi connectivity index (χ2v) is 18.0. The molecular formula is C48H52N10O6S. The highest BCUT2D eigenvalue weighted by molar-refractivity contribution is 7.99. The van der Waals surface area contributed by atoms with Gasteiger partial charge in [0.25, 0.3) is 5.91 Å². The van der Waals surface area contributed by atoms with Gasteiger partial charge in [0.1, 0.15) is 35.4 Å². The number of ether oxygens (including phenoxy) is 1. The van der Waals surface area contributed by atoms with Crippen LogP contribution in [0.2, 0.25) is 0 Å². The smallest absolute Gasteiger partial charge is 0.255 e. The highest BCUT2D eigenvalue weighted by atomic mass is 32.2. The van der Waals surface area contributed by atoms with Crippen molar-refractivity contribution in [1.29, 1.82) is 0 Å². The monoisotopic (exact) mass is 896 g/mol. The summed E-state index contributed by atoms with van der Waals surface area (Å²) in [4.78, 5) is 81.4. The maximum absolute atomic E-state index is 13.5. The third kappa shape index (κ3) is 9.76. The Morgan fingerprint density at radius 2 is 1.68 bits per heavy atom. The van der Waals surface area contributed by atoms with Gasteiger partial charge < -0.3 is 25.2 Å². The van der Waals surface area contributed by atoms with Crippen LogP contribution >= 0.6 is 11.8 Å². The quantitative estimate of drug-likeness (QED) is 0.0622. The van der Waals surface area contributed by atoms with E-state index in [0.29, 0.717) is 86.0 Å². The summed E-state index contributed by atoms with van der Waals surface area (Å²) in [7, 11) is 0. The van der Waals surface area contributed by atoms with Gasteiger partial charge in [-0.05, 0) is 92.0 Å². The van der Waals surface area contributed by atoms with Crippen LogP contribution in [0.3, 0.4) is 0 Å². The molecule has 16 nitrogen and oxygen atoms in total. The molecule has 0 radical (unpaired) electrons. The summed E-state index contributed by atoms with van der Waals surface area (Å²) in [5.74, 6) is 1.83. The van der Waals surface area contributed by atoms with Gasteiger partial charge in [0.15, 0.2) is 5.65 Å². The van der Waals surface area contributed by atoms with Crippen LogP contribution in [0.4, 0.5) is 5.82 Å². The lowest BCUT2D eigenvalue weighted by Crippen LogP contribution is -2.52. The maximum Gasteiger partial charge on any atom is 0.255 e. The minimum Gasteiger partial charge on any atom is -0.457 e. The normalized spacial score (nSPS) is 19.3. The zero-order valence-electron chi connectivity index (χ0n) is 36.1. The number of para-hydroxylation sites is 1. The molecule has 9 rings (SSSR count). The zero-order chi connectivity index (χ0) is 44.9. The molecule has 4 aliphatic rings. The van der Waals surface area contributed by atoms with Crippen molar-refractivity contribution >= 4 is 58.1 Å². The van der Waals surface area contributed by atoms with Gasteiger partial charge in [0.2, 0.25) is 23.6 Å². The number of carbonyl (C=O) groups is 5. The largest absolute Gasteiger partial charge is 0.457 e. The van der Waals surface area contributed by atoms with E-state index in [2.05, 4.69) is 20.2 Å². The number of carbonyl (C=O) groups excluding carboxylic acids is 5. The molecular weight excluding hydrogens is 845 g/mol. The van der Waals surface area contributed by atoms with Gasteiger partial charge in [-0.2, -0.15) is 5.10 Å². The third-order valence-corrected chi connectivity index (χ3v) is 13.8. The number of aromatic nitrogens is 4. The maximum atomic E-state index is 13.5. The van der Waals surface area contributed by atoms with Crippen LogP contribution in [0.5, 0.6) is 11.5 Å². The molecule has 5 amide bonds. The molecule has 0 aliphatic carbocycles. The number of anilines is 1. The minimum absolute atomic E-state index is 0.0409. The standard InChI is InChI=1S/C48H52N10O6S/c49-45-43-44(32-16-18-35(19-17-32)64-34-10-2-1-3-11-34)53-58(46(43)51-31-50-45)33-9-7-23-56(29-33)42(61)15-8-22-54-24-26-55(27-25-54)41(60)14-4-5-28-65-39-13-6-12-36-37(39)30-57(48(36)63)38-20-21-40(59)52-47(38)62/h1-3,6,8,10-13,15-19,31,33,38H,4-5,7,9,14,20-30H2,(H2,49,50,51)(H,52,59,62)/b15-8+/t33-,38?/m1/s1. The van der Waals surface area contributed by atoms with Gasteiger partial charge in [0, 0.05) is 87.3 Å². The Morgan fingerprint density at radius 1 is 0.877 bits per heavy atom. The average Bonchev–Trinajstić information content (AvgIpc) is 3.89. The number of piperazine rings is 1. The van der Waals surface area contributed by atoms with Crippen LogP contribution in [0.15, 0.2) is 96.2 Å². The first-order chi connectivity index (χ1) is 31.7. The summed E-state index contributed by atoms with van der Waals surface area (Å²) in [6.45, 7) is 4.90. The van der Waals surface area contributed by atoms with Crippen molar-refractivity contribution in [2.75, 3.05) is 57.3 Å². The number of imide groups is 1. The minimum atomic E-state index is -0.638. The van der Waals surface area contributed by atoms with Crippen molar-refractivity contribution in [3.8, 4) is 22.8 Å². The van der Waals surface area contributed by atoms with Crippen molar-refractivity contribution in [3.05, 3.63) is 102 Å². The van der Waals surface area contributed by atoms with Crippen LogP contribution in [-0.4, -0.2) is 126 Å². The molecule has 17 heteroatoms. The Bertz CT molecular complexity index is 2610. The zero-order valence-corrected chi connectivity index (χ0v) is 37.0. The van der Waals surface area contributed by atoms with Gasteiger partial charge in [-0.1, -0.05) is 30.3 Å². The van der Waals surface area contributed by atoms with Gasteiger partial charge in [0.05, 0.1) is 11.4 Å². The molecule has 3 N–H and O–H groups in total. The van der Waals surface area contributed by atoms with E-state index in [4.69, 9.17) is 15.6 Å². The molecule has 6 heterocycles. The van der Waals surface area contributed by atoms with E-state index < -0.39 is 11.9 Å². The van der Waals surface area contributed by atoms with E-state index in [-0.39, 0.29) is 36.1 Å². The van der Waals surface area contributed by atoms with Gasteiger partial charge >= 0.3 is 0 Å². The summed E-state index contributed by atoms with van der Waals surface area (Å²) < 4.78 is 7.89. The summed E-state index contributed by atoms with van der Waals surface area (Å²) in [6, 6.07) is 22.2. The first kappa shape index (κ1) is 43.7. The van der Waals surface area contributed by atoms with E-state index in [0.717, 1.165) is 66.3 Å². The summed E-state index contributed by atoms with van der Waals surface area (Å²) in [5, 5.41) is 8.07. The molecule has 4 aliphatic heterocycles. The predicted molar refractivity (Wildman–Crippen MR) is 246 cm³/mol. The van der Waals surface area contributed by atoms with E-state index in [1.807, 2.05) is 87.3 Å². The second-order valence-electron chi connectivity index (χ2n) is 16.8. The molecule has 3 saturated heterocycles. The Balaban J connectivity index is 0.712. The Kier molecular flexibility index (Phi) is 13.2. The molecule has 65 heavy (non-hydrogen) atoms. The number of piperidine rings is 2. The molecule has 5 aromatic rings. The fourth-order valence-corrected chi connectivity index (χ4v) is 10.2. The number of thioether (sulfide) groups is 1. The number of fused-ring (bicyclic) bond motifs is 2. The van der Waals surface area contributed by atoms with Crippen molar-refractivity contribution in [2.24, 2.45) is 0 Å². The lowest BCUT2D eigenvalue weighted by molar-refractivity contribution is -0.137. The fourth-order valence-electron chi connectivity index (χ4n) is 9.11. The Morgan fingerprint density at radius 3 is 2.48 bits per heavy atom. The van der Waals surface area contributed by atoms with E-state index in [9.17, 15) is 24.0 Å². The molecule has 336 valence electrons. The number of nitrogen functional groups attached to an aromatic ring is 1. The topological polar surface area (TPSA) is 189 Å². The SMILES string of the molecule is Nc1ncnc2c1c(-c1ccc(Oc3ccccc3)cc1)nn2[C@@H]1CCCN(C(=O)/C=C/CN2CCN(C(=O)CCCCSc3cccc4c3CN(C3CCC(=O)NC3=O)C4=O)CC2)C1. The Hall–Kier alpha value is -6.59. The molecule has 0 bridgehead atoms. The highest BCUT2D eigenvalue weighted by Gasteiger charge is 2.40. The molecule has 3 fully saturated rings. The van der Waals surface area contributed by atoms with Crippen LogP contribution in [-0.2, 0) is 25.7 Å². The van der Waals surface area contributed by atoms with Crippen molar-refractivity contribution in [3.63, 3.8) is 0 Å². The number of likely N-dealkylation sites (tertiary alicyclic amines) is 1. The molecule has 2 atom stereocenters. The van der Waals surface area contributed by atoms with Crippen LogP contribution in [0, 0.1) is 0 Å². The van der Waals surface area contributed by atoms with Crippen LogP contribution in [0.25, 0.3) is 22.3 Å². The second kappa shape index (κ2) is 19.7. The van der Waals surface area contributed by atoms with Crippen LogP contribution < -0.4 is 15.8 Å². The first-order valence-corrected chi connectivity index (χ1v) is 23.4. The fraction of sp³-hybridized carbons (Fsp3) is 0.375. The number of nitrogens with zero attached hydrogens (tertiary/aromatic N) is 8. The first-order valence-electron chi connectivity index (χ1n) is 22.4. The van der Waals surface area contributed by atoms with Gasteiger partial charge in [-0.25, -0.2) is 14.6 Å². The van der Waals surface area contributed by atoms with E-state index >= 15 is 0 Å². The van der Waals surface area contributed by atoms with Gasteiger partial charge in [-0.15, -0.1) is 11.8 Å². The molecule has 1 unspecified atom stereocenters. The summed E-state index contributed by atoms with van der Waals surface area (Å²) in [6.07, 6.45) is 9.36. The van der Waals surface area contributed by atoms with Crippen molar-refractivity contribution in [2.45, 2.75) is 68.5 Å². The summed E-state index contributed by atoms with van der Waals surface area (Å²) >= 11 is 1.67. The number of nitrogens with two attached hydrogens (primary N) is 1. The van der Waals surface area contributed by atoms with E-state index in [1.54, 1.807) is 28.8 Å². The highest BCUT2D eigenvalue weighted by Crippen LogP contribution is 2.36. The van der Waals surface area contributed by atoms with Crippen molar-refractivity contribution in [1.82, 2.24) is 44.7 Å². The molecule has 2 aromatic heterocycles. The van der Waals surface area contributed by atoms with Crippen LogP contribution in [0.1, 0.15) is 66.9 Å². The molecule has 0 spiro atoms. The van der Waals surface area contributed by atoms with Crippen molar-refractivity contribution < 1.29 is 28.7 Å². The third-order valence-electron chi connectivity index (χ3n) is 12.6. The molecule has 0 saturated carbocycles. The van der Waals surface area contributed by atoms with Gasteiger partial charge in [-0.3, -0.25) is 34.2 Å². The number of rotatable bonds is 14. The lowest BCUT2D eigenvalue weighted by Gasteiger charge is -2.34. The number of benzene rings is 3. The lowest BCUT2D eigenvalue weighted by atomic mass is 10.0. The Labute approximate surface area is 381 Å². The molecule has 3 aromatic carbocycles. The number of hydrogen-bond donors (Lipinski definition) is 2. The number of hydrogen-bond acceptors (Lipinski definition) is 12. The number of nitrogens with one attached hydrogen (secondary N) is 1.